The summed E-state index contributed by atoms with van der Waals surface area (Å²) in [6.45, 7) is 0. The number of rotatable bonds is 3. The molecule has 0 spiro atoms. The van der Waals surface area contributed by atoms with Crippen LogP contribution in [0.5, 0.6) is 0 Å². The van der Waals surface area contributed by atoms with E-state index < -0.39 is 33.6 Å². The average Bonchev–Trinajstić information content (AvgIpc) is 2.94. The Morgan fingerprint density at radius 1 is 1.07 bits per heavy atom. The maximum Gasteiger partial charge on any atom is 0.439 e. The summed E-state index contributed by atoms with van der Waals surface area (Å²) in [5.41, 5.74) is -3.27. The van der Waals surface area contributed by atoms with Gasteiger partial charge in [0.05, 0.1) is 4.90 Å². The first kappa shape index (κ1) is 19.3. The maximum absolute atomic E-state index is 13.6. The first-order chi connectivity index (χ1) is 12.4. The predicted molar refractivity (Wildman–Crippen MR) is 89.4 cm³/mol. The summed E-state index contributed by atoms with van der Waals surface area (Å²) in [4.78, 5) is 3.86. The van der Waals surface area contributed by atoms with Crippen molar-refractivity contribution < 1.29 is 31.1 Å². The number of hydrogen-bond acceptors (Lipinski definition) is 5. The van der Waals surface area contributed by atoms with Gasteiger partial charge in [-0.1, -0.05) is 12.1 Å². The minimum atomic E-state index is -5.08. The van der Waals surface area contributed by atoms with Gasteiger partial charge in [0.15, 0.2) is 9.84 Å². The summed E-state index contributed by atoms with van der Waals surface area (Å²) in [6.07, 6.45) is -4.12. The summed E-state index contributed by atoms with van der Waals surface area (Å²) in [7, 11) is -3.53. The molecule has 0 aromatic heterocycles. The number of amidine groups is 1. The Morgan fingerprint density at radius 3 is 2.11 bits per heavy atom. The molecule has 2 aromatic rings. The number of sulfone groups is 1. The molecule has 10 heteroatoms. The molecular weight excluding hydrogens is 388 g/mol. The second kappa shape index (κ2) is 6.31. The molecule has 0 radical (unpaired) electrons. The second-order valence-corrected chi connectivity index (χ2v) is 8.13. The molecule has 0 aliphatic carbocycles. The molecule has 3 rings (SSSR count). The van der Waals surface area contributed by atoms with E-state index in [1.807, 2.05) is 5.32 Å². The van der Waals surface area contributed by atoms with Crippen molar-refractivity contribution in [3.8, 4) is 0 Å². The SMILES string of the molecule is CS(=O)(=O)c1ccc(C2N=C(c3ccc(F)cc3)NC2(O)C(F)(F)F)cc1. The first-order valence-electron chi connectivity index (χ1n) is 7.63. The number of aliphatic imine (C=N–C) groups is 1. The lowest BCUT2D eigenvalue weighted by atomic mass is 9.97. The van der Waals surface area contributed by atoms with E-state index in [-0.39, 0.29) is 21.9 Å². The third-order valence-electron chi connectivity index (χ3n) is 4.14. The van der Waals surface area contributed by atoms with Crippen molar-refractivity contribution in [1.29, 1.82) is 0 Å². The van der Waals surface area contributed by atoms with Crippen molar-refractivity contribution in [3.63, 3.8) is 0 Å². The van der Waals surface area contributed by atoms with Gasteiger partial charge in [-0.05, 0) is 42.0 Å². The van der Waals surface area contributed by atoms with Crippen molar-refractivity contribution in [2.24, 2.45) is 4.99 Å². The minimum Gasteiger partial charge on any atom is -0.362 e. The van der Waals surface area contributed by atoms with E-state index in [0.29, 0.717) is 0 Å². The molecule has 0 amide bonds. The lowest BCUT2D eigenvalue weighted by molar-refractivity contribution is -0.271. The normalized spacial score (nSPS) is 23.0. The van der Waals surface area contributed by atoms with E-state index in [9.17, 15) is 31.1 Å². The van der Waals surface area contributed by atoms with E-state index in [1.165, 1.54) is 12.1 Å². The maximum atomic E-state index is 13.6. The fourth-order valence-corrected chi connectivity index (χ4v) is 3.33. The smallest absolute Gasteiger partial charge is 0.362 e. The highest BCUT2D eigenvalue weighted by Crippen LogP contribution is 2.44. The molecule has 2 N–H and O–H groups in total. The van der Waals surface area contributed by atoms with E-state index >= 15 is 0 Å². The molecule has 0 fully saturated rings. The molecule has 0 saturated carbocycles. The zero-order valence-corrected chi connectivity index (χ0v) is 14.6. The van der Waals surface area contributed by atoms with Gasteiger partial charge in [-0.15, -0.1) is 0 Å². The van der Waals surface area contributed by atoms with Gasteiger partial charge in [-0.25, -0.2) is 12.8 Å². The molecule has 0 bridgehead atoms. The van der Waals surface area contributed by atoms with Crippen LogP contribution in [-0.2, 0) is 9.84 Å². The highest BCUT2D eigenvalue weighted by Gasteiger charge is 2.62. The Hall–Kier alpha value is -2.46. The number of alkyl halides is 3. The summed E-state index contributed by atoms with van der Waals surface area (Å²) in [6, 6.07) is 7.42. The van der Waals surface area contributed by atoms with E-state index in [4.69, 9.17) is 0 Å². The van der Waals surface area contributed by atoms with Crippen LogP contribution >= 0.6 is 0 Å². The van der Waals surface area contributed by atoms with Gasteiger partial charge < -0.3 is 10.4 Å². The lowest BCUT2D eigenvalue weighted by Gasteiger charge is -2.31. The summed E-state index contributed by atoms with van der Waals surface area (Å²) in [5, 5.41) is 12.3. The standard InChI is InChI=1S/C17H14F4N2O3S/c1-27(25,26)13-8-4-10(5-9-13)14-16(24,17(19,20)21)23-15(22-14)11-2-6-12(18)7-3-11/h2-9,14,24H,1H3,(H,22,23). The number of halogens is 4. The largest absolute Gasteiger partial charge is 0.439 e. The van der Waals surface area contributed by atoms with Crippen molar-refractivity contribution >= 4 is 15.7 Å². The molecule has 1 aliphatic heterocycles. The van der Waals surface area contributed by atoms with E-state index in [0.717, 1.165) is 42.7 Å². The zero-order valence-electron chi connectivity index (χ0n) is 13.8. The van der Waals surface area contributed by atoms with Gasteiger partial charge in [0.25, 0.3) is 5.72 Å². The molecule has 1 heterocycles. The molecule has 1 aliphatic rings. The Balaban J connectivity index is 2.06. The summed E-state index contributed by atoms with van der Waals surface area (Å²) < 4.78 is 76.8. The van der Waals surface area contributed by atoms with Gasteiger partial charge in [0, 0.05) is 11.8 Å². The van der Waals surface area contributed by atoms with Crippen LogP contribution < -0.4 is 5.32 Å². The van der Waals surface area contributed by atoms with Gasteiger partial charge in [0.1, 0.15) is 17.7 Å². The van der Waals surface area contributed by atoms with Crippen molar-refractivity contribution in [2.45, 2.75) is 22.8 Å². The van der Waals surface area contributed by atoms with Crippen molar-refractivity contribution in [1.82, 2.24) is 5.32 Å². The summed E-state index contributed by atoms with van der Waals surface area (Å²) >= 11 is 0. The Labute approximate surface area is 152 Å². The van der Waals surface area contributed by atoms with Crippen molar-refractivity contribution in [3.05, 3.63) is 65.5 Å². The molecule has 2 aromatic carbocycles. The molecule has 5 nitrogen and oxygen atoms in total. The molecular formula is C17H14F4N2O3S. The Kier molecular flexibility index (Phi) is 4.51. The number of aliphatic hydroxyl groups is 1. The number of nitrogens with one attached hydrogen (secondary N) is 1. The number of hydrogen-bond donors (Lipinski definition) is 2. The average molecular weight is 402 g/mol. The quantitative estimate of drug-likeness (QED) is 0.774. The number of benzene rings is 2. The third-order valence-corrected chi connectivity index (χ3v) is 5.27. The van der Waals surface area contributed by atoms with Crippen LogP contribution in [0.3, 0.4) is 0 Å². The Morgan fingerprint density at radius 2 is 1.63 bits per heavy atom. The third kappa shape index (κ3) is 3.54. The first-order valence-corrected chi connectivity index (χ1v) is 9.52. The van der Waals surface area contributed by atoms with Crippen LogP contribution in [0.4, 0.5) is 17.6 Å². The second-order valence-electron chi connectivity index (χ2n) is 6.12. The van der Waals surface area contributed by atoms with Crippen LogP contribution in [0, 0.1) is 5.82 Å². The molecule has 27 heavy (non-hydrogen) atoms. The fourth-order valence-electron chi connectivity index (χ4n) is 2.70. The van der Waals surface area contributed by atoms with Gasteiger partial charge >= 0.3 is 6.18 Å². The Bertz CT molecular complexity index is 986. The highest BCUT2D eigenvalue weighted by atomic mass is 32.2. The molecule has 2 atom stereocenters. The van der Waals surface area contributed by atoms with Crippen LogP contribution in [0.15, 0.2) is 58.4 Å². The van der Waals surface area contributed by atoms with Gasteiger partial charge in [-0.2, -0.15) is 13.2 Å². The highest BCUT2D eigenvalue weighted by molar-refractivity contribution is 7.90. The van der Waals surface area contributed by atoms with Crippen LogP contribution in [0.1, 0.15) is 17.2 Å². The minimum absolute atomic E-state index is 0.0353. The van der Waals surface area contributed by atoms with Crippen LogP contribution in [0.2, 0.25) is 0 Å². The van der Waals surface area contributed by atoms with Crippen LogP contribution in [-0.4, -0.2) is 37.5 Å². The zero-order chi connectivity index (χ0) is 20.0. The van der Waals surface area contributed by atoms with Gasteiger partial charge in [-0.3, -0.25) is 4.99 Å². The fraction of sp³-hybridized carbons (Fsp3) is 0.235. The monoisotopic (exact) mass is 402 g/mol. The summed E-state index contributed by atoms with van der Waals surface area (Å²) in [5.74, 6) is -0.830. The predicted octanol–water partition coefficient (Wildman–Crippen LogP) is 2.57. The molecule has 2 unspecified atom stereocenters. The van der Waals surface area contributed by atoms with E-state index in [1.54, 1.807) is 0 Å². The number of nitrogens with zero attached hydrogens (tertiary/aromatic N) is 1. The van der Waals surface area contributed by atoms with Gasteiger partial charge in [0.2, 0.25) is 0 Å². The van der Waals surface area contributed by atoms with Crippen molar-refractivity contribution in [2.75, 3.05) is 6.26 Å². The molecule has 144 valence electrons. The van der Waals surface area contributed by atoms with Crippen LogP contribution in [0.25, 0.3) is 0 Å². The molecule has 0 saturated heterocycles. The topological polar surface area (TPSA) is 78.8 Å². The van der Waals surface area contributed by atoms with E-state index in [2.05, 4.69) is 4.99 Å². The lowest BCUT2D eigenvalue weighted by Crippen LogP contribution is -2.58.